The highest BCUT2D eigenvalue weighted by molar-refractivity contribution is 5.94. The molecule has 0 fully saturated rings. The predicted molar refractivity (Wildman–Crippen MR) is 149 cm³/mol. The monoisotopic (exact) mass is 511 g/mol. The van der Waals surface area contributed by atoms with E-state index in [4.69, 9.17) is 14.5 Å². The van der Waals surface area contributed by atoms with Gasteiger partial charge in [-0.3, -0.25) is 9.59 Å². The van der Waals surface area contributed by atoms with Crippen molar-refractivity contribution in [2.75, 3.05) is 27.4 Å². The van der Waals surface area contributed by atoms with E-state index in [9.17, 15) is 9.59 Å². The van der Waals surface area contributed by atoms with Crippen LogP contribution in [-0.2, 0) is 24.1 Å². The topological polar surface area (TPSA) is 84.5 Å². The summed E-state index contributed by atoms with van der Waals surface area (Å²) in [6.07, 6.45) is 3.84. The number of rotatable bonds is 8. The number of aryl methyl sites for hydroxylation is 3. The second-order valence-electron chi connectivity index (χ2n) is 9.87. The van der Waals surface area contributed by atoms with Gasteiger partial charge in [0, 0.05) is 42.9 Å². The Morgan fingerprint density at radius 2 is 1.89 bits per heavy atom. The molecule has 0 radical (unpaired) electrons. The Bertz CT molecular complexity index is 1540. The average Bonchev–Trinajstić information content (AvgIpc) is 2.93. The summed E-state index contributed by atoms with van der Waals surface area (Å²) in [6.45, 7) is 3.04. The van der Waals surface area contributed by atoms with Gasteiger partial charge < -0.3 is 19.4 Å². The van der Waals surface area contributed by atoms with Crippen LogP contribution in [0.3, 0.4) is 0 Å². The number of pyridine rings is 2. The molecule has 5 rings (SSSR count). The molecule has 0 unspecified atom stereocenters. The maximum absolute atomic E-state index is 13.8. The zero-order valence-electron chi connectivity index (χ0n) is 22.2. The lowest BCUT2D eigenvalue weighted by atomic mass is 9.94. The predicted octanol–water partition coefficient (Wildman–Crippen LogP) is 5.07. The summed E-state index contributed by atoms with van der Waals surface area (Å²) in [5, 5.41) is 0.947. The van der Waals surface area contributed by atoms with Crippen molar-refractivity contribution in [3.8, 4) is 17.0 Å². The molecule has 1 amide bonds. The van der Waals surface area contributed by atoms with Crippen LogP contribution in [0, 0.1) is 6.92 Å². The maximum atomic E-state index is 13.8. The van der Waals surface area contributed by atoms with E-state index in [-0.39, 0.29) is 23.6 Å². The van der Waals surface area contributed by atoms with Gasteiger partial charge >= 0.3 is 0 Å². The number of benzene rings is 2. The van der Waals surface area contributed by atoms with Crippen LogP contribution in [-0.4, -0.2) is 48.1 Å². The average molecular weight is 512 g/mol. The Morgan fingerprint density at radius 3 is 2.68 bits per heavy atom. The standard InChI is InChI=1S/C31H33N3O4/c1-20-7-6-9-23(15-20)29-24(16-22-11-12-25(38-3)18-28(22)32-29)19-34(13-14-37-2)31(36)26-17-21-8-4-5-10-27(21)33-30(26)35/h6-7,9,11-12,15-18H,4-5,8,10,13-14,19H2,1-3H3,(H,33,35). The van der Waals surface area contributed by atoms with Gasteiger partial charge in [0.25, 0.3) is 11.5 Å². The lowest BCUT2D eigenvalue weighted by Gasteiger charge is -2.25. The van der Waals surface area contributed by atoms with Crippen molar-refractivity contribution in [3.05, 3.63) is 92.9 Å². The summed E-state index contributed by atoms with van der Waals surface area (Å²) in [5.74, 6) is 0.429. The summed E-state index contributed by atoms with van der Waals surface area (Å²) in [4.78, 5) is 36.5. The van der Waals surface area contributed by atoms with Crippen LogP contribution < -0.4 is 10.3 Å². The maximum Gasteiger partial charge on any atom is 0.261 e. The van der Waals surface area contributed by atoms with Gasteiger partial charge in [0.1, 0.15) is 11.3 Å². The molecule has 7 heteroatoms. The first-order chi connectivity index (χ1) is 18.5. The fourth-order valence-corrected chi connectivity index (χ4v) is 5.14. The molecule has 7 nitrogen and oxygen atoms in total. The summed E-state index contributed by atoms with van der Waals surface area (Å²) < 4.78 is 10.8. The third kappa shape index (κ3) is 5.34. The third-order valence-electron chi connectivity index (χ3n) is 7.18. The lowest BCUT2D eigenvalue weighted by molar-refractivity contribution is 0.0678. The van der Waals surface area contributed by atoms with Crippen molar-refractivity contribution in [1.82, 2.24) is 14.9 Å². The molecule has 0 saturated carbocycles. The largest absolute Gasteiger partial charge is 0.497 e. The summed E-state index contributed by atoms with van der Waals surface area (Å²) in [6, 6.07) is 17.8. The van der Waals surface area contributed by atoms with Crippen molar-refractivity contribution in [2.24, 2.45) is 0 Å². The Kier molecular flexibility index (Phi) is 7.56. The van der Waals surface area contributed by atoms with Crippen molar-refractivity contribution < 1.29 is 14.3 Å². The number of methoxy groups -OCH3 is 2. The van der Waals surface area contributed by atoms with Gasteiger partial charge in [-0.1, -0.05) is 23.8 Å². The van der Waals surface area contributed by atoms with E-state index in [1.165, 1.54) is 0 Å². The summed E-state index contributed by atoms with van der Waals surface area (Å²) in [7, 11) is 3.25. The molecule has 2 heterocycles. The molecule has 0 spiro atoms. The van der Waals surface area contributed by atoms with Gasteiger partial charge in [-0.15, -0.1) is 0 Å². The number of ether oxygens (including phenoxy) is 2. The fourth-order valence-electron chi connectivity index (χ4n) is 5.14. The molecule has 0 bridgehead atoms. The Labute approximate surface area is 222 Å². The Balaban J connectivity index is 1.58. The van der Waals surface area contributed by atoms with E-state index >= 15 is 0 Å². The van der Waals surface area contributed by atoms with Crippen molar-refractivity contribution in [1.29, 1.82) is 0 Å². The zero-order valence-corrected chi connectivity index (χ0v) is 22.2. The van der Waals surface area contributed by atoms with E-state index in [0.717, 1.165) is 76.0 Å². The number of fused-ring (bicyclic) bond motifs is 2. The van der Waals surface area contributed by atoms with Gasteiger partial charge in [0.15, 0.2) is 0 Å². The highest BCUT2D eigenvalue weighted by atomic mass is 16.5. The molecule has 38 heavy (non-hydrogen) atoms. The van der Waals surface area contributed by atoms with E-state index in [1.54, 1.807) is 25.2 Å². The highest BCUT2D eigenvalue weighted by Gasteiger charge is 2.24. The summed E-state index contributed by atoms with van der Waals surface area (Å²) >= 11 is 0. The molecule has 4 aromatic rings. The van der Waals surface area contributed by atoms with E-state index < -0.39 is 0 Å². The number of amides is 1. The number of aromatic amines is 1. The van der Waals surface area contributed by atoms with Crippen molar-refractivity contribution >= 4 is 16.8 Å². The molecule has 0 aliphatic heterocycles. The molecular formula is C31H33N3O4. The number of nitrogens with one attached hydrogen (secondary N) is 1. The normalized spacial score (nSPS) is 12.8. The molecule has 1 aliphatic rings. The van der Waals surface area contributed by atoms with Crippen LogP contribution in [0.5, 0.6) is 5.75 Å². The number of hydrogen-bond donors (Lipinski definition) is 1. The number of carbonyl (C=O) groups excluding carboxylic acids is 1. The second-order valence-corrected chi connectivity index (χ2v) is 9.87. The third-order valence-corrected chi connectivity index (χ3v) is 7.18. The Hall–Kier alpha value is -3.97. The molecule has 2 aromatic carbocycles. The van der Waals surface area contributed by atoms with Gasteiger partial charge in [-0.2, -0.15) is 0 Å². The smallest absolute Gasteiger partial charge is 0.261 e. The van der Waals surface area contributed by atoms with Gasteiger partial charge in [0.2, 0.25) is 0 Å². The molecular weight excluding hydrogens is 478 g/mol. The number of H-pyrrole nitrogens is 1. The summed E-state index contributed by atoms with van der Waals surface area (Å²) in [5.41, 5.74) is 6.45. The van der Waals surface area contributed by atoms with E-state index in [0.29, 0.717) is 13.2 Å². The van der Waals surface area contributed by atoms with Crippen LogP contribution in [0.4, 0.5) is 0 Å². The minimum Gasteiger partial charge on any atom is -0.497 e. The number of aromatic nitrogens is 2. The molecule has 0 atom stereocenters. The van der Waals surface area contributed by atoms with Crippen molar-refractivity contribution in [3.63, 3.8) is 0 Å². The first-order valence-electron chi connectivity index (χ1n) is 13.0. The first kappa shape index (κ1) is 25.7. The van der Waals surface area contributed by atoms with Crippen molar-refractivity contribution in [2.45, 2.75) is 39.2 Å². The van der Waals surface area contributed by atoms with Gasteiger partial charge in [0.05, 0.1) is 24.9 Å². The van der Waals surface area contributed by atoms with E-state index in [2.05, 4.69) is 17.1 Å². The molecule has 0 saturated heterocycles. The van der Waals surface area contributed by atoms with Gasteiger partial charge in [-0.05, 0) is 74.1 Å². The zero-order chi connectivity index (χ0) is 26.6. The molecule has 1 N–H and O–H groups in total. The van der Waals surface area contributed by atoms with Crippen LogP contribution in [0.25, 0.3) is 22.2 Å². The second kappa shape index (κ2) is 11.2. The number of carbonyl (C=O) groups is 1. The SMILES string of the molecule is COCCN(Cc1cc2ccc(OC)cc2nc1-c1cccc(C)c1)C(=O)c1cc2c([nH]c1=O)CCCC2. The number of nitrogens with zero attached hydrogens (tertiary/aromatic N) is 2. The van der Waals surface area contributed by atoms with Crippen LogP contribution in [0.2, 0.25) is 0 Å². The molecule has 196 valence electrons. The van der Waals surface area contributed by atoms with E-state index in [1.807, 2.05) is 43.3 Å². The quantitative estimate of drug-likeness (QED) is 0.357. The number of hydrogen-bond acceptors (Lipinski definition) is 5. The van der Waals surface area contributed by atoms with Crippen LogP contribution in [0.1, 0.15) is 45.6 Å². The fraction of sp³-hybridized carbons (Fsp3) is 0.323. The van der Waals surface area contributed by atoms with Crippen LogP contribution in [0.15, 0.2) is 59.4 Å². The Morgan fingerprint density at radius 1 is 1.05 bits per heavy atom. The molecule has 1 aliphatic carbocycles. The lowest BCUT2D eigenvalue weighted by Crippen LogP contribution is -2.37. The minimum atomic E-state index is -0.333. The van der Waals surface area contributed by atoms with Gasteiger partial charge in [-0.25, -0.2) is 4.98 Å². The molecule has 2 aromatic heterocycles. The highest BCUT2D eigenvalue weighted by Crippen LogP contribution is 2.30. The first-order valence-corrected chi connectivity index (χ1v) is 13.0. The van der Waals surface area contributed by atoms with Crippen LogP contribution >= 0.6 is 0 Å². The minimum absolute atomic E-state index is 0.178.